The molecule has 0 saturated carbocycles. The summed E-state index contributed by atoms with van der Waals surface area (Å²) in [5.74, 6) is -0.399. The summed E-state index contributed by atoms with van der Waals surface area (Å²) in [6.07, 6.45) is 1.34. The van der Waals surface area contributed by atoms with Crippen molar-refractivity contribution in [3.63, 3.8) is 0 Å². The van der Waals surface area contributed by atoms with Gasteiger partial charge in [0.1, 0.15) is 5.75 Å². The number of aromatic hydroxyl groups is 1. The fourth-order valence-electron chi connectivity index (χ4n) is 1.54. The van der Waals surface area contributed by atoms with E-state index in [0.717, 1.165) is 0 Å². The molecule has 6 heteroatoms. The van der Waals surface area contributed by atoms with Crippen LogP contribution in [0.15, 0.2) is 47.6 Å². The molecule has 0 heterocycles. The first-order valence-corrected chi connectivity index (χ1v) is 6.12. The first kappa shape index (κ1) is 13.9. The van der Waals surface area contributed by atoms with Crippen molar-refractivity contribution in [2.45, 2.75) is 0 Å². The first-order chi connectivity index (χ1) is 9.58. The van der Waals surface area contributed by atoms with Crippen molar-refractivity contribution in [2.75, 3.05) is 5.73 Å². The molecule has 4 N–H and O–H groups in total. The molecule has 0 aliphatic carbocycles. The Hall–Kier alpha value is -2.53. The summed E-state index contributed by atoms with van der Waals surface area (Å²) in [4.78, 5) is 11.9. The van der Waals surface area contributed by atoms with Gasteiger partial charge in [-0.3, -0.25) is 4.79 Å². The second kappa shape index (κ2) is 6.08. The average molecular weight is 290 g/mol. The molecule has 20 heavy (non-hydrogen) atoms. The fourth-order valence-corrected chi connectivity index (χ4v) is 1.71. The monoisotopic (exact) mass is 289 g/mol. The molecule has 5 nitrogen and oxygen atoms in total. The van der Waals surface area contributed by atoms with E-state index in [1.54, 1.807) is 30.3 Å². The second-order valence-electron chi connectivity index (χ2n) is 3.99. The number of nitrogen functional groups attached to an aromatic ring is 1. The van der Waals surface area contributed by atoms with Gasteiger partial charge in [0.05, 0.1) is 11.8 Å². The largest absolute Gasteiger partial charge is 0.507 e. The van der Waals surface area contributed by atoms with Crippen molar-refractivity contribution in [3.8, 4) is 5.75 Å². The number of nitrogens with zero attached hydrogens (tertiary/aromatic N) is 1. The smallest absolute Gasteiger partial charge is 0.273 e. The van der Waals surface area contributed by atoms with E-state index in [9.17, 15) is 9.90 Å². The molecule has 1 amide bonds. The summed E-state index contributed by atoms with van der Waals surface area (Å²) < 4.78 is 0. The number of phenols is 1. The SMILES string of the molecule is Nc1ccc(Cl)cc1C(=O)N/N=C/c1ccccc1O. The van der Waals surface area contributed by atoms with E-state index in [1.807, 2.05) is 0 Å². The Kier molecular flexibility index (Phi) is 4.22. The molecular formula is C14H12ClN3O2. The van der Waals surface area contributed by atoms with Gasteiger partial charge in [0.25, 0.3) is 5.91 Å². The Morgan fingerprint density at radius 2 is 2.05 bits per heavy atom. The molecule has 0 atom stereocenters. The lowest BCUT2D eigenvalue weighted by Crippen LogP contribution is -2.19. The predicted octanol–water partition coefficient (Wildman–Crippen LogP) is 2.39. The summed E-state index contributed by atoms with van der Waals surface area (Å²) in [5, 5.41) is 13.7. The molecule has 0 fully saturated rings. The highest BCUT2D eigenvalue weighted by Crippen LogP contribution is 2.17. The molecule has 0 aromatic heterocycles. The Bertz CT molecular complexity index is 671. The van der Waals surface area contributed by atoms with Crippen LogP contribution in [0.4, 0.5) is 5.69 Å². The van der Waals surface area contributed by atoms with Crippen LogP contribution < -0.4 is 11.2 Å². The third kappa shape index (κ3) is 3.27. The molecule has 102 valence electrons. The summed E-state index contributed by atoms with van der Waals surface area (Å²) in [6, 6.07) is 11.2. The maximum absolute atomic E-state index is 11.9. The molecular weight excluding hydrogens is 278 g/mol. The van der Waals surface area contributed by atoms with Gasteiger partial charge in [-0.1, -0.05) is 23.7 Å². The van der Waals surface area contributed by atoms with Crippen molar-refractivity contribution in [3.05, 3.63) is 58.6 Å². The molecule has 0 spiro atoms. The molecule has 0 radical (unpaired) electrons. The zero-order valence-corrected chi connectivity index (χ0v) is 11.1. The number of rotatable bonds is 3. The van der Waals surface area contributed by atoms with Crippen molar-refractivity contribution < 1.29 is 9.90 Å². The summed E-state index contributed by atoms with van der Waals surface area (Å²) in [7, 11) is 0. The van der Waals surface area contributed by atoms with Crippen LogP contribution in [0.5, 0.6) is 5.75 Å². The minimum absolute atomic E-state index is 0.0766. The third-order valence-corrected chi connectivity index (χ3v) is 2.80. The van der Waals surface area contributed by atoms with Crippen LogP contribution in [0.2, 0.25) is 5.02 Å². The average Bonchev–Trinajstić information content (AvgIpc) is 2.43. The molecule has 2 aromatic rings. The summed E-state index contributed by atoms with van der Waals surface area (Å²) in [5.41, 5.74) is 9.05. The number of hydrogen-bond acceptors (Lipinski definition) is 4. The molecule has 2 rings (SSSR count). The quantitative estimate of drug-likeness (QED) is 0.460. The van der Waals surface area contributed by atoms with Gasteiger partial charge in [0, 0.05) is 16.3 Å². The molecule has 0 aliphatic rings. The normalized spacial score (nSPS) is 10.7. The maximum atomic E-state index is 11.9. The number of anilines is 1. The third-order valence-electron chi connectivity index (χ3n) is 2.57. The van der Waals surface area contributed by atoms with Crippen LogP contribution in [0, 0.1) is 0 Å². The van der Waals surface area contributed by atoms with E-state index in [0.29, 0.717) is 16.3 Å². The van der Waals surface area contributed by atoms with Gasteiger partial charge in [-0.15, -0.1) is 0 Å². The summed E-state index contributed by atoms with van der Waals surface area (Å²) >= 11 is 5.80. The van der Waals surface area contributed by atoms with E-state index in [-0.39, 0.29) is 11.3 Å². The first-order valence-electron chi connectivity index (χ1n) is 5.74. The molecule has 0 aliphatic heterocycles. The van der Waals surface area contributed by atoms with Gasteiger partial charge < -0.3 is 10.8 Å². The highest BCUT2D eigenvalue weighted by atomic mass is 35.5. The van der Waals surface area contributed by atoms with Crippen LogP contribution in [0.1, 0.15) is 15.9 Å². The van der Waals surface area contributed by atoms with E-state index < -0.39 is 5.91 Å². The van der Waals surface area contributed by atoms with Gasteiger partial charge in [-0.2, -0.15) is 5.10 Å². The number of halogens is 1. The summed E-state index contributed by atoms with van der Waals surface area (Å²) in [6.45, 7) is 0. The van der Waals surface area contributed by atoms with Gasteiger partial charge in [-0.05, 0) is 30.3 Å². The number of hydrazone groups is 1. The second-order valence-corrected chi connectivity index (χ2v) is 4.43. The maximum Gasteiger partial charge on any atom is 0.273 e. The van der Waals surface area contributed by atoms with Crippen molar-refractivity contribution in [2.24, 2.45) is 5.10 Å². The predicted molar refractivity (Wildman–Crippen MR) is 79.0 cm³/mol. The number of amides is 1. The standard InChI is InChI=1S/C14H12ClN3O2/c15-10-5-6-12(16)11(7-10)14(20)18-17-8-9-3-1-2-4-13(9)19/h1-8,19H,16H2,(H,18,20)/b17-8+. The molecule has 0 bridgehead atoms. The number of benzene rings is 2. The molecule has 0 saturated heterocycles. The lowest BCUT2D eigenvalue weighted by Gasteiger charge is -2.04. The fraction of sp³-hybridized carbons (Fsp3) is 0. The Morgan fingerprint density at radius 3 is 2.80 bits per heavy atom. The Labute approximate surface area is 120 Å². The number of nitrogens with two attached hydrogens (primary N) is 1. The number of hydrogen-bond donors (Lipinski definition) is 3. The number of para-hydroxylation sites is 1. The highest BCUT2D eigenvalue weighted by Gasteiger charge is 2.09. The van der Waals surface area contributed by atoms with Crippen molar-refractivity contribution >= 4 is 29.4 Å². The minimum Gasteiger partial charge on any atom is -0.507 e. The van der Waals surface area contributed by atoms with Gasteiger partial charge in [-0.25, -0.2) is 5.43 Å². The lowest BCUT2D eigenvalue weighted by molar-refractivity contribution is 0.0956. The number of carbonyl (C=O) groups is 1. The molecule has 2 aromatic carbocycles. The van der Waals surface area contributed by atoms with Crippen LogP contribution >= 0.6 is 11.6 Å². The Morgan fingerprint density at radius 1 is 1.30 bits per heavy atom. The van der Waals surface area contributed by atoms with E-state index in [1.165, 1.54) is 18.3 Å². The lowest BCUT2D eigenvalue weighted by atomic mass is 10.2. The zero-order chi connectivity index (χ0) is 14.5. The zero-order valence-electron chi connectivity index (χ0n) is 10.4. The van der Waals surface area contributed by atoms with Crippen molar-refractivity contribution in [1.29, 1.82) is 0 Å². The van der Waals surface area contributed by atoms with Gasteiger partial charge >= 0.3 is 0 Å². The van der Waals surface area contributed by atoms with E-state index >= 15 is 0 Å². The van der Waals surface area contributed by atoms with E-state index in [2.05, 4.69) is 10.5 Å². The van der Waals surface area contributed by atoms with Crippen LogP contribution in [-0.4, -0.2) is 17.2 Å². The van der Waals surface area contributed by atoms with Crippen LogP contribution in [0.3, 0.4) is 0 Å². The van der Waals surface area contributed by atoms with Gasteiger partial charge in [0.15, 0.2) is 0 Å². The Balaban J connectivity index is 2.09. The minimum atomic E-state index is -0.475. The molecule has 0 unspecified atom stereocenters. The number of nitrogens with one attached hydrogen (secondary N) is 1. The number of phenolic OH excluding ortho intramolecular Hbond substituents is 1. The van der Waals surface area contributed by atoms with Gasteiger partial charge in [0.2, 0.25) is 0 Å². The number of carbonyl (C=O) groups excluding carboxylic acids is 1. The van der Waals surface area contributed by atoms with Crippen molar-refractivity contribution in [1.82, 2.24) is 5.43 Å². The van der Waals surface area contributed by atoms with Crippen LogP contribution in [-0.2, 0) is 0 Å². The highest BCUT2D eigenvalue weighted by molar-refractivity contribution is 6.31. The topological polar surface area (TPSA) is 87.7 Å². The van der Waals surface area contributed by atoms with Crippen LogP contribution in [0.25, 0.3) is 0 Å². The van der Waals surface area contributed by atoms with E-state index in [4.69, 9.17) is 17.3 Å².